The van der Waals surface area contributed by atoms with Crippen LogP contribution in [0.3, 0.4) is 0 Å². The molecule has 1 N–H and O–H groups in total. The van der Waals surface area contributed by atoms with Gasteiger partial charge in [0.25, 0.3) is 10.0 Å². The maximum absolute atomic E-state index is 12.8. The number of nitrogens with zero attached hydrogens (tertiary/aromatic N) is 2. The van der Waals surface area contributed by atoms with E-state index >= 15 is 0 Å². The minimum atomic E-state index is -3.61. The number of para-hydroxylation sites is 1. The van der Waals surface area contributed by atoms with E-state index < -0.39 is 10.0 Å². The smallest absolute Gasteiger partial charge is 0.281 e. The highest BCUT2D eigenvalue weighted by Gasteiger charge is 2.38. The topological polar surface area (TPSA) is 66.1 Å². The van der Waals surface area contributed by atoms with E-state index in [9.17, 15) is 8.42 Å². The molecule has 2 atom stereocenters. The molecule has 1 aliphatic heterocycles. The number of imidazole rings is 1. The Kier molecular flexibility index (Phi) is 3.25. The second kappa shape index (κ2) is 4.82. The van der Waals surface area contributed by atoms with Gasteiger partial charge >= 0.3 is 0 Å². The summed E-state index contributed by atoms with van der Waals surface area (Å²) in [5, 5.41) is 0.306. The van der Waals surface area contributed by atoms with E-state index in [1.165, 1.54) is 16.8 Å². The Morgan fingerprint density at radius 2 is 2.05 bits per heavy atom. The molecule has 1 aromatic carbocycles. The molecule has 1 aromatic heterocycles. The van der Waals surface area contributed by atoms with Gasteiger partial charge in [0.15, 0.2) is 5.03 Å². The lowest BCUT2D eigenvalue weighted by Crippen LogP contribution is -2.46. The van der Waals surface area contributed by atoms with Crippen molar-refractivity contribution in [2.24, 2.45) is 0 Å². The van der Waals surface area contributed by atoms with Crippen molar-refractivity contribution >= 4 is 27.5 Å². The lowest BCUT2D eigenvalue weighted by molar-refractivity contribution is 0.573. The quantitative estimate of drug-likeness (QED) is 0.925. The maximum atomic E-state index is 12.8. The van der Waals surface area contributed by atoms with E-state index in [0.29, 0.717) is 0 Å². The summed E-state index contributed by atoms with van der Waals surface area (Å²) < 4.78 is 27.1. The van der Waals surface area contributed by atoms with Crippen molar-refractivity contribution in [2.75, 3.05) is 4.31 Å². The van der Waals surface area contributed by atoms with Crippen LogP contribution in [0.5, 0.6) is 0 Å². The van der Waals surface area contributed by atoms with Crippen LogP contribution in [0.1, 0.15) is 13.8 Å². The van der Waals surface area contributed by atoms with E-state index in [0.717, 1.165) is 10.6 Å². The summed E-state index contributed by atoms with van der Waals surface area (Å²) >= 11 is 1.71. The number of aromatic amines is 1. The summed E-state index contributed by atoms with van der Waals surface area (Å²) in [6.45, 7) is 3.97. The number of hydrogen-bond donors (Lipinski definition) is 1. The average Bonchev–Trinajstić information content (AvgIpc) is 2.94. The van der Waals surface area contributed by atoms with Gasteiger partial charge in [-0.25, -0.2) is 4.98 Å². The molecule has 2 aromatic rings. The van der Waals surface area contributed by atoms with Crippen LogP contribution in [0.2, 0.25) is 0 Å². The molecule has 2 heterocycles. The van der Waals surface area contributed by atoms with E-state index in [2.05, 4.69) is 9.97 Å². The van der Waals surface area contributed by atoms with Crippen LogP contribution in [-0.4, -0.2) is 29.7 Å². The molecule has 0 unspecified atom stereocenters. The average molecular weight is 309 g/mol. The molecule has 1 aliphatic rings. The molecule has 0 radical (unpaired) electrons. The number of H-pyrrole nitrogens is 1. The first kappa shape index (κ1) is 13.5. The lowest BCUT2D eigenvalue weighted by Gasteiger charge is -2.38. The number of benzene rings is 1. The van der Waals surface area contributed by atoms with Crippen molar-refractivity contribution in [1.82, 2.24) is 9.97 Å². The highest BCUT2D eigenvalue weighted by Crippen LogP contribution is 2.43. The van der Waals surface area contributed by atoms with Crippen LogP contribution < -0.4 is 4.31 Å². The van der Waals surface area contributed by atoms with Crippen LogP contribution in [0, 0.1) is 0 Å². The molecular weight excluding hydrogens is 294 g/mol. The highest BCUT2D eigenvalue weighted by atomic mass is 32.2. The second-order valence-electron chi connectivity index (χ2n) is 4.75. The van der Waals surface area contributed by atoms with Gasteiger partial charge in [-0.3, -0.25) is 4.31 Å². The molecule has 0 spiro atoms. The van der Waals surface area contributed by atoms with Gasteiger partial charge in [0.05, 0.1) is 24.3 Å². The molecule has 106 valence electrons. The minimum Gasteiger partial charge on any atom is -0.334 e. The number of anilines is 1. The highest BCUT2D eigenvalue weighted by molar-refractivity contribution is 8.00. The third-order valence-electron chi connectivity index (χ3n) is 3.47. The number of nitrogens with one attached hydrogen (secondary N) is 1. The first-order chi connectivity index (χ1) is 9.51. The van der Waals surface area contributed by atoms with Gasteiger partial charge in [-0.05, 0) is 19.1 Å². The molecule has 7 heteroatoms. The van der Waals surface area contributed by atoms with Gasteiger partial charge in [0.1, 0.15) is 0 Å². The SMILES string of the molecule is C[C@H]1Sc2ccccc2N(S(=O)(=O)c2cnc[nH]2)[C@H]1C. The summed E-state index contributed by atoms with van der Waals surface area (Å²) in [4.78, 5) is 7.50. The monoisotopic (exact) mass is 309 g/mol. The number of fused-ring (bicyclic) bond motifs is 1. The fourth-order valence-corrected chi connectivity index (χ4v) is 5.23. The molecule has 0 fully saturated rings. The number of thioether (sulfide) groups is 1. The number of hydrogen-bond acceptors (Lipinski definition) is 4. The Bertz CT molecular complexity index is 713. The third-order valence-corrected chi connectivity index (χ3v) is 6.67. The fraction of sp³-hybridized carbons (Fsp3) is 0.308. The molecule has 3 rings (SSSR count). The first-order valence-electron chi connectivity index (χ1n) is 6.30. The normalized spacial score (nSPS) is 22.6. The fourth-order valence-electron chi connectivity index (χ4n) is 2.29. The van der Waals surface area contributed by atoms with E-state index in [1.54, 1.807) is 11.8 Å². The van der Waals surface area contributed by atoms with E-state index in [4.69, 9.17) is 0 Å². The van der Waals surface area contributed by atoms with Gasteiger partial charge in [-0.1, -0.05) is 19.1 Å². The summed E-state index contributed by atoms with van der Waals surface area (Å²) in [7, 11) is -3.61. The maximum Gasteiger partial charge on any atom is 0.281 e. The van der Waals surface area contributed by atoms with Gasteiger partial charge in [-0.15, -0.1) is 11.8 Å². The van der Waals surface area contributed by atoms with Crippen LogP contribution in [-0.2, 0) is 10.0 Å². The lowest BCUT2D eigenvalue weighted by atomic mass is 10.2. The summed E-state index contributed by atoms with van der Waals surface area (Å²) in [6.07, 6.45) is 2.72. The zero-order chi connectivity index (χ0) is 14.3. The molecule has 0 bridgehead atoms. The molecule has 0 amide bonds. The molecule has 5 nitrogen and oxygen atoms in total. The Hall–Kier alpha value is -1.47. The van der Waals surface area contributed by atoms with Gasteiger partial charge in [0, 0.05) is 10.1 Å². The van der Waals surface area contributed by atoms with Gasteiger partial charge in [0.2, 0.25) is 0 Å². The Morgan fingerprint density at radius 1 is 1.30 bits per heavy atom. The molecule has 20 heavy (non-hydrogen) atoms. The van der Waals surface area contributed by atoms with Gasteiger partial charge in [-0.2, -0.15) is 8.42 Å². The Balaban J connectivity index is 2.17. The van der Waals surface area contributed by atoms with E-state index in [-0.39, 0.29) is 16.3 Å². The van der Waals surface area contributed by atoms with Crippen molar-refractivity contribution in [3.05, 3.63) is 36.8 Å². The minimum absolute atomic E-state index is 0.122. The van der Waals surface area contributed by atoms with Crippen LogP contribution >= 0.6 is 11.8 Å². The van der Waals surface area contributed by atoms with Crippen LogP contribution in [0.15, 0.2) is 46.7 Å². The van der Waals surface area contributed by atoms with Crippen LogP contribution in [0.4, 0.5) is 5.69 Å². The Morgan fingerprint density at radius 3 is 2.75 bits per heavy atom. The first-order valence-corrected chi connectivity index (χ1v) is 8.62. The summed E-state index contributed by atoms with van der Waals surface area (Å²) in [5.41, 5.74) is 0.734. The third kappa shape index (κ3) is 2.01. The molecule has 0 saturated heterocycles. The number of sulfonamides is 1. The molecule has 0 aliphatic carbocycles. The van der Waals surface area contributed by atoms with Gasteiger partial charge < -0.3 is 4.98 Å². The standard InChI is InChI=1S/C13H15N3O2S2/c1-9-10(2)19-12-6-4-3-5-11(12)16(9)20(17,18)13-7-14-8-15-13/h3-10H,1-2H3,(H,14,15)/t9-,10+/m0/s1. The molecule has 0 saturated carbocycles. The van der Waals surface area contributed by atoms with Crippen LogP contribution in [0.25, 0.3) is 0 Å². The second-order valence-corrected chi connectivity index (χ2v) is 7.95. The zero-order valence-corrected chi connectivity index (χ0v) is 12.8. The predicted octanol–water partition coefficient (Wildman–Crippen LogP) is 2.49. The van der Waals surface area contributed by atoms with Crippen molar-refractivity contribution in [1.29, 1.82) is 0 Å². The largest absolute Gasteiger partial charge is 0.334 e. The zero-order valence-electron chi connectivity index (χ0n) is 11.1. The molecular formula is C13H15N3O2S2. The van der Waals surface area contributed by atoms with Crippen molar-refractivity contribution in [2.45, 2.75) is 35.1 Å². The summed E-state index contributed by atoms with van der Waals surface area (Å²) in [5.74, 6) is 0. The van der Waals surface area contributed by atoms with Crippen molar-refractivity contribution < 1.29 is 8.42 Å². The summed E-state index contributed by atoms with van der Waals surface area (Å²) in [6, 6.07) is 7.46. The number of rotatable bonds is 2. The number of aromatic nitrogens is 2. The van der Waals surface area contributed by atoms with Crippen molar-refractivity contribution in [3.8, 4) is 0 Å². The Labute approximate surface area is 122 Å². The predicted molar refractivity (Wildman–Crippen MR) is 79.5 cm³/mol. The van der Waals surface area contributed by atoms with E-state index in [1.807, 2.05) is 38.1 Å². The van der Waals surface area contributed by atoms with Crippen molar-refractivity contribution in [3.63, 3.8) is 0 Å².